The van der Waals surface area contributed by atoms with Crippen molar-refractivity contribution in [3.05, 3.63) is 53.0 Å². The van der Waals surface area contributed by atoms with Crippen molar-refractivity contribution in [1.82, 2.24) is 20.3 Å². The monoisotopic (exact) mass is 506 g/mol. The topological polar surface area (TPSA) is 145 Å². The predicted octanol–water partition coefficient (Wildman–Crippen LogP) is 3.20. The number of oxazole rings is 1. The van der Waals surface area contributed by atoms with Gasteiger partial charge >= 0.3 is 6.18 Å². The first kappa shape index (κ1) is 24.1. The van der Waals surface area contributed by atoms with Crippen molar-refractivity contribution in [3.8, 4) is 17.2 Å². The molecule has 4 rings (SSSR count). The first-order chi connectivity index (χ1) is 16.7. The molecule has 0 saturated heterocycles. The van der Waals surface area contributed by atoms with Crippen LogP contribution in [0.2, 0.25) is 0 Å². The number of amides is 2. The number of nitrogens with zero attached hydrogens (tertiary/aromatic N) is 3. The molecule has 0 saturated carbocycles. The summed E-state index contributed by atoms with van der Waals surface area (Å²) in [4.78, 5) is 36.5. The van der Waals surface area contributed by atoms with Crippen molar-refractivity contribution in [1.29, 1.82) is 0 Å². The number of hydrogen-bond donors (Lipinski definition) is 3. The van der Waals surface area contributed by atoms with E-state index in [1.54, 1.807) is 5.38 Å². The van der Waals surface area contributed by atoms with Gasteiger partial charge in [0.15, 0.2) is 16.6 Å². The van der Waals surface area contributed by atoms with Gasteiger partial charge in [0.2, 0.25) is 11.8 Å². The zero-order valence-corrected chi connectivity index (χ0v) is 18.8. The highest BCUT2D eigenvalue weighted by molar-refractivity contribution is 7.13. The van der Waals surface area contributed by atoms with Crippen molar-refractivity contribution in [2.75, 3.05) is 19.0 Å². The number of aromatic nitrogens is 3. The summed E-state index contributed by atoms with van der Waals surface area (Å²) in [6.45, 7) is -0.550. The van der Waals surface area contributed by atoms with E-state index in [0.29, 0.717) is 5.13 Å². The molecule has 0 aliphatic heterocycles. The Kier molecular flexibility index (Phi) is 6.66. The third kappa shape index (κ3) is 5.07. The summed E-state index contributed by atoms with van der Waals surface area (Å²) in [6.07, 6.45) is -3.13. The summed E-state index contributed by atoms with van der Waals surface area (Å²) in [7, 11) is 1.31. The van der Waals surface area contributed by atoms with E-state index >= 15 is 0 Å². The van der Waals surface area contributed by atoms with E-state index in [4.69, 9.17) is 14.9 Å². The zero-order chi connectivity index (χ0) is 25.2. The van der Waals surface area contributed by atoms with E-state index in [1.165, 1.54) is 42.8 Å². The van der Waals surface area contributed by atoms with Crippen LogP contribution < -0.4 is 21.1 Å². The van der Waals surface area contributed by atoms with E-state index in [-0.39, 0.29) is 52.7 Å². The van der Waals surface area contributed by atoms with Gasteiger partial charge < -0.3 is 25.5 Å². The number of fused-ring (bicyclic) bond motifs is 1. The van der Waals surface area contributed by atoms with Crippen LogP contribution in [-0.2, 0) is 17.5 Å². The quantitative estimate of drug-likeness (QED) is 0.347. The summed E-state index contributed by atoms with van der Waals surface area (Å²) < 4.78 is 50.3. The number of ether oxygens (including phenoxy) is 1. The Hall–Kier alpha value is -4.04. The molecule has 3 heterocycles. The minimum Gasteiger partial charge on any atom is -0.494 e. The number of benzene rings is 1. The molecule has 0 aliphatic carbocycles. The fraction of sp³-hybridized carbons (Fsp3) is 0.190. The standard InChI is InChI=1S/C21H17F3N6O4S/c1-33-12-4-2-11(10-3-5-14(21(22,23)24)28-16(10)12)19-30-17(13(8-25)34-19)18(32)27-9-15(31)29-20-26-6-7-35-20/h2-7H,8-9,25H2,1H3,(H,27,32)(H,26,29,31). The van der Waals surface area contributed by atoms with Crippen molar-refractivity contribution in [2.24, 2.45) is 5.73 Å². The number of anilines is 1. The van der Waals surface area contributed by atoms with Gasteiger partial charge in [-0.2, -0.15) is 13.2 Å². The fourth-order valence-electron chi connectivity index (χ4n) is 3.18. The number of nitrogens with two attached hydrogens (primary N) is 1. The van der Waals surface area contributed by atoms with E-state index in [2.05, 4.69) is 25.6 Å². The van der Waals surface area contributed by atoms with Crippen molar-refractivity contribution in [2.45, 2.75) is 12.7 Å². The lowest BCUT2D eigenvalue weighted by Crippen LogP contribution is -2.33. The number of methoxy groups -OCH3 is 1. The third-order valence-corrected chi connectivity index (χ3v) is 5.44. The molecule has 182 valence electrons. The minimum absolute atomic E-state index is 0.0293. The van der Waals surface area contributed by atoms with Crippen molar-refractivity contribution >= 4 is 39.2 Å². The number of rotatable bonds is 7. The van der Waals surface area contributed by atoms with E-state index in [1.807, 2.05) is 0 Å². The number of carbonyl (C=O) groups is 2. The van der Waals surface area contributed by atoms with Crippen LogP contribution in [0.15, 0.2) is 40.3 Å². The van der Waals surface area contributed by atoms with Crippen LogP contribution in [0.1, 0.15) is 21.9 Å². The highest BCUT2D eigenvalue weighted by Gasteiger charge is 2.33. The molecular weight excluding hydrogens is 489 g/mol. The molecule has 14 heteroatoms. The molecule has 0 spiro atoms. The molecule has 10 nitrogen and oxygen atoms in total. The highest BCUT2D eigenvalue weighted by atomic mass is 32.1. The lowest BCUT2D eigenvalue weighted by molar-refractivity contribution is -0.141. The van der Waals surface area contributed by atoms with Gasteiger partial charge in [-0.15, -0.1) is 11.3 Å². The van der Waals surface area contributed by atoms with Gasteiger partial charge in [0.25, 0.3) is 5.91 Å². The molecule has 4 N–H and O–H groups in total. The molecule has 0 radical (unpaired) electrons. The summed E-state index contributed by atoms with van der Waals surface area (Å²) in [5, 5.41) is 7.26. The number of thiazole rings is 1. The zero-order valence-electron chi connectivity index (χ0n) is 18.0. The average molecular weight is 506 g/mol. The van der Waals surface area contributed by atoms with Crippen LogP contribution in [-0.4, -0.2) is 40.4 Å². The van der Waals surface area contributed by atoms with E-state index < -0.39 is 23.7 Å². The SMILES string of the molecule is COc1ccc(-c2nc(C(=O)NCC(=O)Nc3nccs3)c(CN)o2)c2ccc(C(F)(F)F)nc12. The average Bonchev–Trinajstić information content (AvgIpc) is 3.50. The van der Waals surface area contributed by atoms with Gasteiger partial charge in [-0.1, -0.05) is 0 Å². The number of nitrogens with one attached hydrogen (secondary N) is 2. The molecule has 0 atom stereocenters. The van der Waals surface area contributed by atoms with E-state index in [0.717, 1.165) is 6.07 Å². The molecular formula is C21H17F3N6O4S. The maximum absolute atomic E-state index is 13.2. The second kappa shape index (κ2) is 9.68. The maximum Gasteiger partial charge on any atom is 0.433 e. The van der Waals surface area contributed by atoms with Gasteiger partial charge in [0.1, 0.15) is 17.0 Å². The molecule has 2 amide bonds. The Morgan fingerprint density at radius 2 is 2.00 bits per heavy atom. The molecule has 0 fully saturated rings. The maximum atomic E-state index is 13.2. The van der Waals surface area contributed by atoms with Crippen LogP contribution in [0.25, 0.3) is 22.4 Å². The summed E-state index contributed by atoms with van der Waals surface area (Å²) in [6, 6.07) is 4.98. The lowest BCUT2D eigenvalue weighted by Gasteiger charge is -2.11. The Labute approximate surface area is 199 Å². The number of pyridine rings is 1. The molecule has 3 aromatic heterocycles. The van der Waals surface area contributed by atoms with Gasteiger partial charge in [-0.25, -0.2) is 15.0 Å². The highest BCUT2D eigenvalue weighted by Crippen LogP contribution is 2.36. The largest absolute Gasteiger partial charge is 0.494 e. The summed E-state index contributed by atoms with van der Waals surface area (Å²) >= 11 is 1.22. The van der Waals surface area contributed by atoms with Gasteiger partial charge in [-0.05, 0) is 24.3 Å². The Bertz CT molecular complexity index is 1390. The first-order valence-corrected chi connectivity index (χ1v) is 10.8. The predicted molar refractivity (Wildman–Crippen MR) is 120 cm³/mol. The second-order valence-corrected chi connectivity index (χ2v) is 7.86. The number of alkyl halides is 3. The van der Waals surface area contributed by atoms with Crippen LogP contribution in [0.3, 0.4) is 0 Å². The Balaban J connectivity index is 1.63. The Morgan fingerprint density at radius 3 is 2.66 bits per heavy atom. The second-order valence-electron chi connectivity index (χ2n) is 6.97. The van der Waals surface area contributed by atoms with Crippen LogP contribution in [0.5, 0.6) is 5.75 Å². The Morgan fingerprint density at radius 1 is 1.20 bits per heavy atom. The third-order valence-electron chi connectivity index (χ3n) is 4.75. The van der Waals surface area contributed by atoms with Crippen LogP contribution >= 0.6 is 11.3 Å². The molecule has 35 heavy (non-hydrogen) atoms. The molecule has 0 aliphatic rings. The molecule has 1 aromatic carbocycles. The fourth-order valence-corrected chi connectivity index (χ4v) is 3.72. The first-order valence-electron chi connectivity index (χ1n) is 9.94. The van der Waals surface area contributed by atoms with Gasteiger partial charge in [-0.3, -0.25) is 9.59 Å². The van der Waals surface area contributed by atoms with Crippen molar-refractivity contribution in [3.63, 3.8) is 0 Å². The number of hydrogen-bond acceptors (Lipinski definition) is 9. The van der Waals surface area contributed by atoms with Crippen LogP contribution in [0, 0.1) is 0 Å². The number of halogens is 3. The molecule has 0 bridgehead atoms. The lowest BCUT2D eigenvalue weighted by atomic mass is 10.1. The molecule has 4 aromatic rings. The molecule has 0 unspecified atom stereocenters. The van der Waals surface area contributed by atoms with Gasteiger partial charge in [0.05, 0.1) is 20.2 Å². The van der Waals surface area contributed by atoms with Gasteiger partial charge in [0, 0.05) is 22.5 Å². The van der Waals surface area contributed by atoms with Crippen LogP contribution in [0.4, 0.5) is 18.3 Å². The normalized spacial score (nSPS) is 11.5. The summed E-state index contributed by atoms with van der Waals surface area (Å²) in [5.74, 6) is -1.13. The number of carbonyl (C=O) groups excluding carboxylic acids is 2. The summed E-state index contributed by atoms with van der Waals surface area (Å²) in [5.41, 5.74) is 4.66. The minimum atomic E-state index is -4.65. The van der Waals surface area contributed by atoms with Crippen molar-refractivity contribution < 1.29 is 31.9 Å². The smallest absolute Gasteiger partial charge is 0.433 e. The van der Waals surface area contributed by atoms with E-state index in [9.17, 15) is 22.8 Å².